The molecule has 1 unspecified atom stereocenters. The normalized spacial score (nSPS) is 12.3. The molecule has 62 valence electrons. The smallest absolute Gasteiger partial charge is 0.341 e. The third-order valence-corrected chi connectivity index (χ3v) is 1.80. The van der Waals surface area contributed by atoms with Crippen molar-refractivity contribution in [2.45, 2.75) is 52.4 Å². The zero-order valence-electron chi connectivity index (χ0n) is 8.53. The van der Waals surface area contributed by atoms with Gasteiger partial charge in [0.15, 0.2) is 0 Å². The van der Waals surface area contributed by atoms with Crippen LogP contribution in [0.1, 0.15) is 52.4 Å². The summed E-state index contributed by atoms with van der Waals surface area (Å²) in [5.41, 5.74) is 0. The molecular weight excluding hydrogens is 143 g/mol. The topological polar surface area (TPSA) is 0 Å². The Kier molecular flexibility index (Phi) is 14.5. The second kappa shape index (κ2) is 11.0. The van der Waals surface area contributed by atoms with E-state index in [0.29, 0.717) is 5.92 Å². The fourth-order valence-electron chi connectivity index (χ4n) is 1.10. The monoisotopic (exact) mass is 164 g/mol. The Morgan fingerprint density at radius 3 is 2.09 bits per heavy atom. The summed E-state index contributed by atoms with van der Waals surface area (Å²) in [5.74, 6) is 0.654. The number of hydrogen-bond acceptors (Lipinski definition) is 0. The van der Waals surface area contributed by atoms with E-state index in [2.05, 4.69) is 20.8 Å². The van der Waals surface area contributed by atoms with Crippen molar-refractivity contribution in [3.8, 4) is 0 Å². The summed E-state index contributed by atoms with van der Waals surface area (Å²) in [4.78, 5) is 0. The van der Waals surface area contributed by atoms with Gasteiger partial charge in [0.1, 0.15) is 0 Å². The molecule has 0 bridgehead atoms. The van der Waals surface area contributed by atoms with Crippen molar-refractivity contribution in [2.75, 3.05) is 0 Å². The zero-order valence-corrected chi connectivity index (χ0v) is 10.5. The van der Waals surface area contributed by atoms with Crippen LogP contribution in [0.2, 0.25) is 0 Å². The maximum atomic E-state index is 3.96. The number of rotatable bonds is 6. The predicted molar refractivity (Wildman–Crippen MR) is 47.9 cm³/mol. The number of unbranched alkanes of at least 4 members (excludes halogenated alkanes) is 4. The summed E-state index contributed by atoms with van der Waals surface area (Å²) in [7, 11) is 0. The standard InChI is InChI=1S/C10H21.Na/c1-4-5-6-7-8-9-10(2)3;/h10H,2,4-9H2,1,3H3;/q-1;+1. The predicted octanol–water partition coefficient (Wildman–Crippen LogP) is 0.821. The molecule has 0 saturated carbocycles. The summed E-state index contributed by atoms with van der Waals surface area (Å²) in [6.45, 7) is 8.40. The van der Waals surface area contributed by atoms with Gasteiger partial charge in [0.05, 0.1) is 0 Å². The van der Waals surface area contributed by atoms with Crippen LogP contribution < -0.4 is 29.6 Å². The third kappa shape index (κ3) is 13.9. The van der Waals surface area contributed by atoms with E-state index in [1.165, 1.54) is 38.5 Å². The van der Waals surface area contributed by atoms with Gasteiger partial charge in [-0.3, -0.25) is 0 Å². The van der Waals surface area contributed by atoms with Crippen LogP contribution in [0.4, 0.5) is 0 Å². The van der Waals surface area contributed by atoms with Crippen molar-refractivity contribution in [2.24, 2.45) is 5.92 Å². The van der Waals surface area contributed by atoms with E-state index >= 15 is 0 Å². The molecule has 0 aliphatic carbocycles. The van der Waals surface area contributed by atoms with Gasteiger partial charge in [-0.25, -0.2) is 0 Å². The molecule has 0 rings (SSSR count). The SMILES string of the molecule is [CH2-]C(C)CCCCCCC.[Na+]. The molecule has 0 aliphatic rings. The molecule has 0 spiro atoms. The molecule has 0 fully saturated rings. The molecule has 0 aliphatic heterocycles. The molecule has 0 aromatic rings. The van der Waals surface area contributed by atoms with Crippen molar-refractivity contribution in [1.82, 2.24) is 0 Å². The van der Waals surface area contributed by atoms with Gasteiger partial charge in [-0.2, -0.15) is 5.92 Å². The van der Waals surface area contributed by atoms with Crippen LogP contribution >= 0.6 is 0 Å². The minimum absolute atomic E-state index is 0. The van der Waals surface area contributed by atoms with E-state index in [1.807, 2.05) is 0 Å². The first-order valence-electron chi connectivity index (χ1n) is 4.60. The maximum Gasteiger partial charge on any atom is 1.00 e. The second-order valence-electron chi connectivity index (χ2n) is 3.31. The third-order valence-electron chi connectivity index (χ3n) is 1.80. The van der Waals surface area contributed by atoms with E-state index < -0.39 is 0 Å². The van der Waals surface area contributed by atoms with Crippen LogP contribution in [0, 0.1) is 12.8 Å². The Bertz CT molecular complexity index is 59.9. The summed E-state index contributed by atoms with van der Waals surface area (Å²) >= 11 is 0. The van der Waals surface area contributed by atoms with Crippen molar-refractivity contribution in [3.05, 3.63) is 6.92 Å². The Morgan fingerprint density at radius 2 is 1.64 bits per heavy atom. The van der Waals surface area contributed by atoms with Crippen LogP contribution in [0.5, 0.6) is 0 Å². The Hall–Kier alpha value is 1.00. The van der Waals surface area contributed by atoms with Crippen molar-refractivity contribution >= 4 is 0 Å². The van der Waals surface area contributed by atoms with Gasteiger partial charge in [-0.1, -0.05) is 52.4 Å². The van der Waals surface area contributed by atoms with E-state index in [9.17, 15) is 0 Å². The summed E-state index contributed by atoms with van der Waals surface area (Å²) < 4.78 is 0. The van der Waals surface area contributed by atoms with Gasteiger partial charge in [-0.05, 0) is 0 Å². The number of hydrogen-bond donors (Lipinski definition) is 0. The Labute approximate surface area is 94.4 Å². The van der Waals surface area contributed by atoms with E-state index in [1.54, 1.807) is 0 Å². The fourth-order valence-corrected chi connectivity index (χ4v) is 1.10. The first-order valence-corrected chi connectivity index (χ1v) is 4.60. The largest absolute Gasteiger partial charge is 1.00 e. The molecule has 0 aromatic carbocycles. The van der Waals surface area contributed by atoms with Gasteiger partial charge >= 0.3 is 29.6 Å². The fraction of sp³-hybridized carbons (Fsp3) is 0.900. The summed E-state index contributed by atoms with van der Waals surface area (Å²) in [5, 5.41) is 0. The van der Waals surface area contributed by atoms with E-state index in [-0.39, 0.29) is 29.6 Å². The second-order valence-corrected chi connectivity index (χ2v) is 3.31. The average molecular weight is 164 g/mol. The van der Waals surface area contributed by atoms with Crippen molar-refractivity contribution in [1.29, 1.82) is 0 Å². The van der Waals surface area contributed by atoms with Crippen LogP contribution in [0.25, 0.3) is 0 Å². The molecule has 0 N–H and O–H groups in total. The minimum Gasteiger partial charge on any atom is -0.341 e. The molecule has 0 nitrogen and oxygen atoms in total. The molecule has 0 aromatic heterocycles. The molecule has 1 heteroatoms. The van der Waals surface area contributed by atoms with Crippen molar-refractivity contribution in [3.63, 3.8) is 0 Å². The van der Waals surface area contributed by atoms with Gasteiger partial charge in [0.2, 0.25) is 0 Å². The van der Waals surface area contributed by atoms with Gasteiger partial charge < -0.3 is 6.92 Å². The molecule has 11 heavy (non-hydrogen) atoms. The first-order chi connectivity index (χ1) is 4.77. The first kappa shape index (κ1) is 14.5. The van der Waals surface area contributed by atoms with E-state index in [0.717, 1.165) is 0 Å². The zero-order chi connectivity index (χ0) is 7.82. The average Bonchev–Trinajstić information content (AvgIpc) is 1.87. The van der Waals surface area contributed by atoms with Crippen LogP contribution in [-0.4, -0.2) is 0 Å². The molecule has 1 atom stereocenters. The molecule has 0 amide bonds. The Balaban J connectivity index is 0. The quantitative estimate of drug-likeness (QED) is 0.310. The van der Waals surface area contributed by atoms with Gasteiger partial charge in [-0.15, -0.1) is 0 Å². The van der Waals surface area contributed by atoms with Crippen LogP contribution in [-0.2, 0) is 0 Å². The van der Waals surface area contributed by atoms with Crippen LogP contribution in [0.15, 0.2) is 0 Å². The van der Waals surface area contributed by atoms with Crippen LogP contribution in [0.3, 0.4) is 0 Å². The molecule has 0 heterocycles. The van der Waals surface area contributed by atoms with Crippen molar-refractivity contribution < 1.29 is 29.6 Å². The summed E-state index contributed by atoms with van der Waals surface area (Å²) in [6, 6.07) is 0. The van der Waals surface area contributed by atoms with Gasteiger partial charge in [0.25, 0.3) is 0 Å². The molecular formula is C10H21Na. The maximum absolute atomic E-state index is 3.96. The minimum atomic E-state index is 0. The molecule has 0 radical (unpaired) electrons. The summed E-state index contributed by atoms with van der Waals surface area (Å²) in [6.07, 6.45) is 8.27. The van der Waals surface area contributed by atoms with E-state index in [4.69, 9.17) is 0 Å². The van der Waals surface area contributed by atoms with Gasteiger partial charge in [0, 0.05) is 0 Å². The Morgan fingerprint density at radius 1 is 1.09 bits per heavy atom. The molecule has 0 saturated heterocycles.